The number of thioether (sulfide) groups is 1. The summed E-state index contributed by atoms with van der Waals surface area (Å²) in [6, 6.07) is 22.0. The van der Waals surface area contributed by atoms with Crippen LogP contribution in [0.5, 0.6) is 0 Å². The number of carbonyl (C=O) groups is 2. The number of allylic oxidation sites excluding steroid dienone is 1. The number of fused-ring (bicyclic) bond motifs is 1. The summed E-state index contributed by atoms with van der Waals surface area (Å²) in [7, 11) is 0. The van der Waals surface area contributed by atoms with Crippen LogP contribution in [-0.2, 0) is 4.79 Å². The number of amidine groups is 1. The van der Waals surface area contributed by atoms with Gasteiger partial charge in [0.05, 0.1) is 17.3 Å². The molecule has 2 aliphatic rings. The Morgan fingerprint density at radius 3 is 2.31 bits per heavy atom. The molecular formula is C28H25FN4O2S. The molecule has 6 nitrogen and oxygen atoms in total. The highest BCUT2D eigenvalue weighted by Gasteiger charge is 2.37. The van der Waals surface area contributed by atoms with Crippen LogP contribution >= 0.6 is 11.8 Å². The Kier molecular flexibility index (Phi) is 6.86. The van der Waals surface area contributed by atoms with Crippen molar-refractivity contribution in [3.05, 3.63) is 107 Å². The zero-order chi connectivity index (χ0) is 25.1. The number of anilines is 2. The number of amides is 2. The summed E-state index contributed by atoms with van der Waals surface area (Å²) < 4.78 is 13.2. The van der Waals surface area contributed by atoms with Gasteiger partial charge in [0.15, 0.2) is 5.17 Å². The number of aliphatic imine (C=N–C) groups is 1. The molecule has 8 heteroatoms. The minimum atomic E-state index is -0.391. The second-order valence-electron chi connectivity index (χ2n) is 8.59. The van der Waals surface area contributed by atoms with Gasteiger partial charge in [-0.15, -0.1) is 0 Å². The summed E-state index contributed by atoms with van der Waals surface area (Å²) in [6.07, 6.45) is 0.999. The van der Waals surface area contributed by atoms with Gasteiger partial charge in [-0.25, -0.2) is 9.38 Å². The number of para-hydroxylation sites is 1. The average molecular weight is 501 g/mol. The predicted octanol–water partition coefficient (Wildman–Crippen LogP) is 5.84. The normalized spacial score (nSPS) is 17.2. The van der Waals surface area contributed by atoms with Gasteiger partial charge < -0.3 is 15.5 Å². The van der Waals surface area contributed by atoms with Crippen molar-refractivity contribution in [2.75, 3.05) is 22.9 Å². The van der Waals surface area contributed by atoms with Crippen molar-refractivity contribution in [2.45, 2.75) is 19.4 Å². The number of nitrogens with zero attached hydrogens (tertiary/aromatic N) is 2. The highest BCUT2D eigenvalue weighted by Crippen LogP contribution is 2.40. The third kappa shape index (κ3) is 5.04. The molecular weight excluding hydrogens is 475 g/mol. The molecule has 3 aromatic carbocycles. The van der Waals surface area contributed by atoms with Crippen LogP contribution in [-0.4, -0.2) is 34.2 Å². The smallest absolute Gasteiger partial charge is 0.255 e. The molecule has 3 aromatic rings. The third-order valence-electron chi connectivity index (χ3n) is 6.13. The molecule has 182 valence electrons. The van der Waals surface area contributed by atoms with Gasteiger partial charge in [-0.3, -0.25) is 9.59 Å². The molecule has 0 spiro atoms. The number of halogens is 1. The first-order valence-electron chi connectivity index (χ1n) is 11.7. The van der Waals surface area contributed by atoms with E-state index in [2.05, 4.69) is 15.5 Å². The Morgan fingerprint density at radius 1 is 0.917 bits per heavy atom. The van der Waals surface area contributed by atoms with Gasteiger partial charge in [-0.1, -0.05) is 42.1 Å². The van der Waals surface area contributed by atoms with Crippen LogP contribution in [0, 0.1) is 5.82 Å². The second-order valence-corrected chi connectivity index (χ2v) is 9.66. The molecule has 1 fully saturated rings. The number of rotatable bonds is 5. The second kappa shape index (κ2) is 10.4. The summed E-state index contributed by atoms with van der Waals surface area (Å²) in [5, 5.41) is 6.78. The van der Waals surface area contributed by atoms with E-state index in [4.69, 9.17) is 4.99 Å². The molecule has 2 amide bonds. The predicted molar refractivity (Wildman–Crippen MR) is 143 cm³/mol. The highest BCUT2D eigenvalue weighted by atomic mass is 32.2. The van der Waals surface area contributed by atoms with E-state index in [9.17, 15) is 14.0 Å². The SMILES string of the molecule is CC1=C(C(=O)Nc2ccccc2)C(c2ccc(NC(=O)c3ccc(F)cc3)cc2)N2CCCSC2=N1. The van der Waals surface area contributed by atoms with Crippen molar-refractivity contribution in [2.24, 2.45) is 4.99 Å². The molecule has 0 radical (unpaired) electrons. The lowest BCUT2D eigenvalue weighted by Crippen LogP contribution is -2.43. The fourth-order valence-electron chi connectivity index (χ4n) is 4.38. The first-order chi connectivity index (χ1) is 17.5. The van der Waals surface area contributed by atoms with Crippen molar-refractivity contribution in [3.8, 4) is 0 Å². The fraction of sp³-hybridized carbons (Fsp3) is 0.179. The lowest BCUT2D eigenvalue weighted by molar-refractivity contribution is -0.113. The van der Waals surface area contributed by atoms with Crippen LogP contribution in [0.4, 0.5) is 15.8 Å². The van der Waals surface area contributed by atoms with E-state index in [-0.39, 0.29) is 17.9 Å². The maximum atomic E-state index is 13.5. The molecule has 2 heterocycles. The number of hydrogen-bond acceptors (Lipinski definition) is 5. The highest BCUT2D eigenvalue weighted by molar-refractivity contribution is 8.13. The first-order valence-corrected chi connectivity index (χ1v) is 12.7. The van der Waals surface area contributed by atoms with Crippen molar-refractivity contribution in [1.29, 1.82) is 0 Å². The van der Waals surface area contributed by atoms with Gasteiger partial charge in [0, 0.05) is 29.2 Å². The Balaban J connectivity index is 1.42. The zero-order valence-corrected chi connectivity index (χ0v) is 20.5. The molecule has 36 heavy (non-hydrogen) atoms. The van der Waals surface area contributed by atoms with Gasteiger partial charge in [0.25, 0.3) is 11.8 Å². The monoisotopic (exact) mass is 500 g/mol. The third-order valence-corrected chi connectivity index (χ3v) is 7.20. The minimum absolute atomic E-state index is 0.184. The van der Waals surface area contributed by atoms with Crippen molar-refractivity contribution < 1.29 is 14.0 Å². The van der Waals surface area contributed by atoms with E-state index in [1.807, 2.05) is 61.5 Å². The van der Waals surface area contributed by atoms with Gasteiger partial charge in [-0.2, -0.15) is 0 Å². The molecule has 1 unspecified atom stereocenters. The number of benzene rings is 3. The van der Waals surface area contributed by atoms with E-state index in [0.29, 0.717) is 22.5 Å². The van der Waals surface area contributed by atoms with E-state index < -0.39 is 5.82 Å². The van der Waals surface area contributed by atoms with Gasteiger partial charge in [0.1, 0.15) is 5.82 Å². The maximum Gasteiger partial charge on any atom is 0.255 e. The topological polar surface area (TPSA) is 73.8 Å². The lowest BCUT2D eigenvalue weighted by Gasteiger charge is -2.40. The quantitative estimate of drug-likeness (QED) is 0.462. The summed E-state index contributed by atoms with van der Waals surface area (Å²) in [5.74, 6) is 0.101. The van der Waals surface area contributed by atoms with Crippen LogP contribution in [0.25, 0.3) is 0 Å². The molecule has 1 atom stereocenters. The van der Waals surface area contributed by atoms with Crippen LogP contribution in [0.2, 0.25) is 0 Å². The first kappa shape index (κ1) is 23.8. The standard InChI is InChI=1S/C28H25FN4O2S/c1-18-24(27(35)32-22-6-3-2-4-7-22)25(33-16-5-17-36-28(33)30-18)19-10-14-23(15-11-19)31-26(34)20-8-12-21(29)13-9-20/h2-4,6-15,25H,5,16-17H2,1H3,(H,31,34)(H,32,35). The molecule has 0 saturated carbocycles. The van der Waals surface area contributed by atoms with Gasteiger partial charge in [0.2, 0.25) is 0 Å². The molecule has 1 saturated heterocycles. The molecule has 5 rings (SSSR count). The Bertz CT molecular complexity index is 1340. The summed E-state index contributed by atoms with van der Waals surface area (Å²) in [6.45, 7) is 2.68. The summed E-state index contributed by atoms with van der Waals surface area (Å²) >= 11 is 1.70. The maximum absolute atomic E-state index is 13.5. The van der Waals surface area contributed by atoms with Crippen LogP contribution in [0.15, 0.2) is 95.1 Å². The summed E-state index contributed by atoms with van der Waals surface area (Å²) in [4.78, 5) is 33.0. The zero-order valence-electron chi connectivity index (χ0n) is 19.7. The van der Waals surface area contributed by atoms with E-state index in [1.54, 1.807) is 11.8 Å². The molecule has 0 aromatic heterocycles. The van der Waals surface area contributed by atoms with Crippen LogP contribution in [0.1, 0.15) is 35.3 Å². The van der Waals surface area contributed by atoms with Gasteiger partial charge >= 0.3 is 0 Å². The van der Waals surface area contributed by atoms with Crippen LogP contribution in [0.3, 0.4) is 0 Å². The Hall–Kier alpha value is -3.91. The molecule has 0 bridgehead atoms. The Morgan fingerprint density at radius 2 is 1.58 bits per heavy atom. The fourth-order valence-corrected chi connectivity index (χ4v) is 5.40. The number of nitrogens with one attached hydrogen (secondary N) is 2. The van der Waals surface area contributed by atoms with E-state index >= 15 is 0 Å². The molecule has 0 aliphatic carbocycles. The van der Waals surface area contributed by atoms with Gasteiger partial charge in [-0.05, 0) is 67.4 Å². The number of hydrogen-bond donors (Lipinski definition) is 2. The molecule has 2 N–H and O–H groups in total. The number of carbonyl (C=O) groups excluding carboxylic acids is 2. The van der Waals surface area contributed by atoms with Crippen LogP contribution < -0.4 is 10.6 Å². The van der Waals surface area contributed by atoms with Crippen molar-refractivity contribution >= 4 is 40.1 Å². The van der Waals surface area contributed by atoms with E-state index in [0.717, 1.165) is 35.1 Å². The Labute approximate surface area is 213 Å². The lowest BCUT2D eigenvalue weighted by atomic mass is 9.93. The largest absolute Gasteiger partial charge is 0.340 e. The van der Waals surface area contributed by atoms with Crippen molar-refractivity contribution in [3.63, 3.8) is 0 Å². The minimum Gasteiger partial charge on any atom is -0.340 e. The van der Waals surface area contributed by atoms with E-state index in [1.165, 1.54) is 24.3 Å². The molecule has 2 aliphatic heterocycles. The average Bonchev–Trinajstić information content (AvgIpc) is 2.89. The summed E-state index contributed by atoms with van der Waals surface area (Å²) in [5.41, 5.74) is 3.94. The van der Waals surface area contributed by atoms with Crippen molar-refractivity contribution in [1.82, 2.24) is 4.90 Å².